The first kappa shape index (κ1) is 12.2. The van der Waals surface area contributed by atoms with Gasteiger partial charge in [-0.25, -0.2) is 0 Å². The maximum absolute atomic E-state index is 11.9. The van der Waals surface area contributed by atoms with E-state index in [2.05, 4.69) is 15.5 Å². The van der Waals surface area contributed by atoms with Gasteiger partial charge in [0.25, 0.3) is 5.91 Å². The first-order valence-electron chi connectivity index (χ1n) is 5.76. The van der Waals surface area contributed by atoms with E-state index in [4.69, 9.17) is 4.74 Å². The third-order valence-corrected chi connectivity index (χ3v) is 2.37. The molecule has 0 atom stereocenters. The van der Waals surface area contributed by atoms with Crippen LogP contribution in [0.15, 0.2) is 30.3 Å². The summed E-state index contributed by atoms with van der Waals surface area (Å²) in [5.74, 6) is 0.395. The molecule has 0 fully saturated rings. The van der Waals surface area contributed by atoms with Gasteiger partial charge < -0.3 is 10.1 Å². The Bertz CT molecular complexity index is 549. The Morgan fingerprint density at radius 2 is 2.22 bits per heavy atom. The maximum Gasteiger partial charge on any atom is 0.276 e. The fourth-order valence-corrected chi connectivity index (χ4v) is 1.57. The van der Waals surface area contributed by atoms with Crippen molar-refractivity contribution in [3.05, 3.63) is 41.7 Å². The number of hydrogen-bond acceptors (Lipinski definition) is 3. The van der Waals surface area contributed by atoms with Gasteiger partial charge >= 0.3 is 0 Å². The molecule has 0 aliphatic carbocycles. The smallest absolute Gasteiger partial charge is 0.276 e. The Labute approximate surface area is 105 Å². The molecule has 0 bridgehead atoms. The number of anilines is 1. The van der Waals surface area contributed by atoms with Crippen molar-refractivity contribution in [2.24, 2.45) is 0 Å². The van der Waals surface area contributed by atoms with Crippen molar-refractivity contribution in [1.29, 1.82) is 0 Å². The van der Waals surface area contributed by atoms with Crippen LogP contribution in [0.5, 0.6) is 5.75 Å². The van der Waals surface area contributed by atoms with Gasteiger partial charge in [0.05, 0.1) is 12.3 Å². The molecular formula is C13H15N3O2. The molecule has 2 aromatic rings. The van der Waals surface area contributed by atoms with Crippen LogP contribution < -0.4 is 10.1 Å². The van der Waals surface area contributed by atoms with E-state index in [1.807, 2.05) is 32.0 Å². The highest BCUT2D eigenvalue weighted by Gasteiger charge is 2.11. The van der Waals surface area contributed by atoms with Gasteiger partial charge in [-0.1, -0.05) is 12.1 Å². The van der Waals surface area contributed by atoms with Crippen molar-refractivity contribution >= 4 is 11.6 Å². The summed E-state index contributed by atoms with van der Waals surface area (Å²) in [4.78, 5) is 11.9. The highest BCUT2D eigenvalue weighted by atomic mass is 16.5. The van der Waals surface area contributed by atoms with E-state index in [0.29, 0.717) is 23.7 Å². The van der Waals surface area contributed by atoms with Crippen LogP contribution in [0, 0.1) is 6.92 Å². The summed E-state index contributed by atoms with van der Waals surface area (Å²) in [5, 5.41) is 9.42. The summed E-state index contributed by atoms with van der Waals surface area (Å²) >= 11 is 0. The molecule has 1 amide bonds. The SMILES string of the molecule is CCOc1ccccc1NC(=O)c1cc(C)[nH]n1. The second-order valence-electron chi connectivity index (χ2n) is 3.82. The molecule has 0 aliphatic rings. The quantitative estimate of drug-likeness (QED) is 0.869. The molecule has 0 saturated heterocycles. The third-order valence-electron chi connectivity index (χ3n) is 2.37. The lowest BCUT2D eigenvalue weighted by molar-refractivity contribution is 0.102. The molecule has 1 heterocycles. The standard InChI is InChI=1S/C13H15N3O2/c1-3-18-12-7-5-4-6-10(12)14-13(17)11-8-9(2)15-16-11/h4-8H,3H2,1-2H3,(H,14,17)(H,15,16). The van der Waals surface area contributed by atoms with Crippen molar-refractivity contribution in [2.75, 3.05) is 11.9 Å². The van der Waals surface area contributed by atoms with Gasteiger partial charge in [0.2, 0.25) is 0 Å². The van der Waals surface area contributed by atoms with Crippen LogP contribution in [0.2, 0.25) is 0 Å². The fourth-order valence-electron chi connectivity index (χ4n) is 1.57. The number of rotatable bonds is 4. The average molecular weight is 245 g/mol. The molecule has 0 radical (unpaired) electrons. The summed E-state index contributed by atoms with van der Waals surface area (Å²) in [6, 6.07) is 9.00. The number of amides is 1. The summed E-state index contributed by atoms with van der Waals surface area (Å²) in [7, 11) is 0. The van der Waals surface area contributed by atoms with E-state index >= 15 is 0 Å². The normalized spacial score (nSPS) is 10.1. The number of aryl methyl sites for hydroxylation is 1. The molecule has 94 valence electrons. The Balaban J connectivity index is 2.16. The first-order chi connectivity index (χ1) is 8.70. The number of para-hydroxylation sites is 2. The van der Waals surface area contributed by atoms with Gasteiger partial charge in [-0.3, -0.25) is 9.89 Å². The number of aromatic amines is 1. The van der Waals surface area contributed by atoms with Crippen LogP contribution in [-0.4, -0.2) is 22.7 Å². The zero-order chi connectivity index (χ0) is 13.0. The summed E-state index contributed by atoms with van der Waals surface area (Å²) in [6.07, 6.45) is 0. The Morgan fingerprint density at radius 3 is 2.89 bits per heavy atom. The number of carbonyl (C=O) groups is 1. The van der Waals surface area contributed by atoms with Crippen LogP contribution in [0.25, 0.3) is 0 Å². The molecule has 0 spiro atoms. The number of nitrogens with zero attached hydrogens (tertiary/aromatic N) is 1. The predicted molar refractivity (Wildman–Crippen MR) is 68.9 cm³/mol. The Morgan fingerprint density at radius 1 is 1.44 bits per heavy atom. The summed E-state index contributed by atoms with van der Waals surface area (Å²) < 4.78 is 5.44. The lowest BCUT2D eigenvalue weighted by Gasteiger charge is -2.10. The minimum absolute atomic E-state index is 0.258. The van der Waals surface area contributed by atoms with Crippen molar-refractivity contribution in [1.82, 2.24) is 10.2 Å². The minimum atomic E-state index is -0.258. The molecule has 5 nitrogen and oxygen atoms in total. The number of H-pyrrole nitrogens is 1. The predicted octanol–water partition coefficient (Wildman–Crippen LogP) is 2.37. The topological polar surface area (TPSA) is 67.0 Å². The number of hydrogen-bond donors (Lipinski definition) is 2. The molecule has 0 unspecified atom stereocenters. The number of carbonyl (C=O) groups excluding carboxylic acids is 1. The second kappa shape index (κ2) is 5.35. The average Bonchev–Trinajstić information content (AvgIpc) is 2.79. The zero-order valence-electron chi connectivity index (χ0n) is 10.4. The fraction of sp³-hybridized carbons (Fsp3) is 0.231. The molecule has 0 aliphatic heterocycles. The van der Waals surface area contributed by atoms with Crippen LogP contribution in [-0.2, 0) is 0 Å². The summed E-state index contributed by atoms with van der Waals surface area (Å²) in [5.41, 5.74) is 1.85. The van der Waals surface area contributed by atoms with E-state index in [-0.39, 0.29) is 5.91 Å². The Kier molecular flexibility index (Phi) is 3.62. The van der Waals surface area contributed by atoms with E-state index < -0.39 is 0 Å². The van der Waals surface area contributed by atoms with E-state index in [0.717, 1.165) is 5.69 Å². The molecule has 5 heteroatoms. The van der Waals surface area contributed by atoms with Crippen molar-refractivity contribution in [2.45, 2.75) is 13.8 Å². The van der Waals surface area contributed by atoms with Crippen molar-refractivity contribution in [3.63, 3.8) is 0 Å². The molecule has 2 N–H and O–H groups in total. The monoisotopic (exact) mass is 245 g/mol. The van der Waals surface area contributed by atoms with Gasteiger partial charge in [-0.2, -0.15) is 5.10 Å². The zero-order valence-corrected chi connectivity index (χ0v) is 10.4. The van der Waals surface area contributed by atoms with Crippen LogP contribution >= 0.6 is 0 Å². The van der Waals surface area contributed by atoms with Crippen molar-refractivity contribution < 1.29 is 9.53 Å². The van der Waals surface area contributed by atoms with E-state index in [1.54, 1.807) is 12.1 Å². The van der Waals surface area contributed by atoms with Gasteiger partial charge in [0.1, 0.15) is 5.75 Å². The lowest BCUT2D eigenvalue weighted by Crippen LogP contribution is -2.13. The van der Waals surface area contributed by atoms with E-state index in [9.17, 15) is 4.79 Å². The molecule has 18 heavy (non-hydrogen) atoms. The largest absolute Gasteiger partial charge is 0.492 e. The number of ether oxygens (including phenoxy) is 1. The molecule has 2 rings (SSSR count). The number of aromatic nitrogens is 2. The number of benzene rings is 1. The molecule has 1 aromatic carbocycles. The van der Waals surface area contributed by atoms with Gasteiger partial charge in [0, 0.05) is 5.69 Å². The van der Waals surface area contributed by atoms with Gasteiger partial charge in [0.15, 0.2) is 5.69 Å². The van der Waals surface area contributed by atoms with Crippen LogP contribution in [0.3, 0.4) is 0 Å². The second-order valence-corrected chi connectivity index (χ2v) is 3.82. The molecule has 0 saturated carbocycles. The maximum atomic E-state index is 11.9. The van der Waals surface area contributed by atoms with Crippen molar-refractivity contribution in [3.8, 4) is 5.75 Å². The van der Waals surface area contributed by atoms with Gasteiger partial charge in [-0.15, -0.1) is 0 Å². The number of nitrogens with one attached hydrogen (secondary N) is 2. The van der Waals surface area contributed by atoms with E-state index in [1.165, 1.54) is 0 Å². The van der Waals surface area contributed by atoms with Crippen LogP contribution in [0.1, 0.15) is 23.1 Å². The lowest BCUT2D eigenvalue weighted by atomic mass is 10.2. The summed E-state index contributed by atoms with van der Waals surface area (Å²) in [6.45, 7) is 4.29. The molecular weight excluding hydrogens is 230 g/mol. The van der Waals surface area contributed by atoms with Gasteiger partial charge in [-0.05, 0) is 32.0 Å². The highest BCUT2D eigenvalue weighted by Crippen LogP contribution is 2.24. The third kappa shape index (κ3) is 2.68. The Hall–Kier alpha value is -2.30. The van der Waals surface area contributed by atoms with Crippen LogP contribution in [0.4, 0.5) is 5.69 Å². The molecule has 1 aromatic heterocycles. The first-order valence-corrected chi connectivity index (χ1v) is 5.76. The highest BCUT2D eigenvalue weighted by molar-refractivity contribution is 6.03. The minimum Gasteiger partial charge on any atom is -0.492 e.